The van der Waals surface area contributed by atoms with Crippen molar-refractivity contribution in [1.82, 2.24) is 9.88 Å². The summed E-state index contributed by atoms with van der Waals surface area (Å²) in [4.78, 5) is 22.6. The van der Waals surface area contributed by atoms with Crippen LogP contribution in [0.1, 0.15) is 43.0 Å². The molecule has 1 fully saturated rings. The van der Waals surface area contributed by atoms with Crippen LogP contribution in [0.3, 0.4) is 0 Å². The van der Waals surface area contributed by atoms with Crippen molar-refractivity contribution in [3.05, 3.63) is 52.5 Å². The first-order valence-electron chi connectivity index (χ1n) is 12.0. The number of carbonyl (C=O) groups is 1. The number of fused-ring (bicyclic) bond motifs is 1. The van der Waals surface area contributed by atoms with Crippen molar-refractivity contribution in [3.63, 3.8) is 0 Å². The van der Waals surface area contributed by atoms with Crippen molar-refractivity contribution in [2.45, 2.75) is 32.6 Å². The zero-order valence-corrected chi connectivity index (χ0v) is 23.3. The summed E-state index contributed by atoms with van der Waals surface area (Å²) in [5, 5.41) is 0.736. The van der Waals surface area contributed by atoms with Gasteiger partial charge in [0, 0.05) is 36.2 Å². The smallest absolute Gasteiger partial charge is 0.260 e. The maximum Gasteiger partial charge on any atom is 0.260 e. The molecule has 0 saturated carbocycles. The topological polar surface area (TPSA) is 54.9 Å². The van der Waals surface area contributed by atoms with E-state index < -0.39 is 0 Å². The van der Waals surface area contributed by atoms with E-state index in [4.69, 9.17) is 14.5 Å². The van der Waals surface area contributed by atoms with E-state index in [9.17, 15) is 4.79 Å². The lowest BCUT2D eigenvalue weighted by Crippen LogP contribution is -2.39. The van der Waals surface area contributed by atoms with Crippen molar-refractivity contribution >= 4 is 60.9 Å². The van der Waals surface area contributed by atoms with Crippen LogP contribution < -0.4 is 9.64 Å². The number of halogens is 2. The highest BCUT2D eigenvalue weighted by atomic mass is 79.9. The molecule has 35 heavy (non-hydrogen) atoms. The molecule has 0 N–H and O–H groups in total. The Bertz CT molecular complexity index is 1070. The van der Waals surface area contributed by atoms with E-state index in [0.29, 0.717) is 18.7 Å². The minimum Gasteiger partial charge on any atom is -0.494 e. The van der Waals surface area contributed by atoms with Gasteiger partial charge >= 0.3 is 0 Å². The molecular weight excluding hydrogens is 550 g/mol. The van der Waals surface area contributed by atoms with Crippen molar-refractivity contribution in [2.24, 2.45) is 0 Å². The fourth-order valence-electron chi connectivity index (χ4n) is 3.95. The first-order chi connectivity index (χ1) is 16.6. The van der Waals surface area contributed by atoms with Gasteiger partial charge in [0.25, 0.3) is 5.91 Å². The molecule has 3 aromatic rings. The summed E-state index contributed by atoms with van der Waals surface area (Å²) in [6, 6.07) is 13.5. The Morgan fingerprint density at radius 1 is 1.14 bits per heavy atom. The minimum atomic E-state index is -0.0300. The summed E-state index contributed by atoms with van der Waals surface area (Å²) in [6.45, 7) is 7.89. The Morgan fingerprint density at radius 3 is 2.66 bits per heavy atom. The van der Waals surface area contributed by atoms with Gasteiger partial charge in [-0.05, 0) is 55.3 Å². The third-order valence-electron chi connectivity index (χ3n) is 5.89. The summed E-state index contributed by atoms with van der Waals surface area (Å²) in [5.41, 5.74) is 1.55. The van der Waals surface area contributed by atoms with E-state index in [2.05, 4.69) is 33.8 Å². The third-order valence-corrected chi connectivity index (χ3v) is 7.43. The molecule has 0 atom stereocenters. The van der Waals surface area contributed by atoms with Crippen LogP contribution in [0.15, 0.2) is 46.9 Å². The van der Waals surface area contributed by atoms with E-state index in [0.717, 1.165) is 77.7 Å². The van der Waals surface area contributed by atoms with E-state index in [1.807, 2.05) is 41.3 Å². The fourth-order valence-corrected chi connectivity index (χ4v) is 5.50. The zero-order valence-electron chi connectivity index (χ0n) is 20.1. The van der Waals surface area contributed by atoms with Gasteiger partial charge in [-0.1, -0.05) is 47.0 Å². The van der Waals surface area contributed by atoms with Crippen LogP contribution in [-0.2, 0) is 4.74 Å². The van der Waals surface area contributed by atoms with E-state index >= 15 is 0 Å². The number of hydrogen-bond acceptors (Lipinski definition) is 6. The molecule has 1 aromatic heterocycles. The lowest BCUT2D eigenvalue weighted by molar-refractivity contribution is 0.0376. The summed E-state index contributed by atoms with van der Waals surface area (Å²) in [5.74, 6) is 0.772. The lowest BCUT2D eigenvalue weighted by atomic mass is 10.2. The molecule has 0 radical (unpaired) electrons. The van der Waals surface area contributed by atoms with Crippen molar-refractivity contribution in [2.75, 3.05) is 50.9 Å². The monoisotopic (exact) mass is 581 g/mol. The second-order valence-corrected chi connectivity index (χ2v) is 10.4. The summed E-state index contributed by atoms with van der Waals surface area (Å²) in [7, 11) is 0. The molecule has 0 unspecified atom stereocenters. The van der Waals surface area contributed by atoms with Crippen molar-refractivity contribution in [1.29, 1.82) is 0 Å². The largest absolute Gasteiger partial charge is 0.494 e. The van der Waals surface area contributed by atoms with Crippen LogP contribution in [0.5, 0.6) is 5.75 Å². The summed E-state index contributed by atoms with van der Waals surface area (Å²) in [6.07, 6.45) is 4.25. The second-order valence-electron chi connectivity index (χ2n) is 8.45. The number of carbonyl (C=O) groups excluding carboxylic acids is 1. The SMILES string of the molecule is CCCCCOc1ccc(C(=O)N(CCCN2CCOCC2)c2nc3ccc(Br)cc3s2)cc1.Cl. The lowest BCUT2D eigenvalue weighted by Gasteiger charge is -2.27. The van der Waals surface area contributed by atoms with Crippen LogP contribution in [0.25, 0.3) is 10.2 Å². The Kier molecular flexibility index (Phi) is 11.3. The predicted molar refractivity (Wildman–Crippen MR) is 150 cm³/mol. The summed E-state index contributed by atoms with van der Waals surface area (Å²) < 4.78 is 13.3. The van der Waals surface area contributed by atoms with Gasteiger partial charge in [-0.15, -0.1) is 12.4 Å². The first-order valence-corrected chi connectivity index (χ1v) is 13.7. The maximum absolute atomic E-state index is 13.6. The predicted octanol–water partition coefficient (Wildman–Crippen LogP) is 6.42. The Labute approximate surface area is 226 Å². The average Bonchev–Trinajstić information content (AvgIpc) is 3.28. The van der Waals surface area contributed by atoms with Crippen molar-refractivity contribution < 1.29 is 14.3 Å². The van der Waals surface area contributed by atoms with Gasteiger partial charge in [-0.3, -0.25) is 14.6 Å². The number of hydrogen-bond donors (Lipinski definition) is 0. The molecule has 1 saturated heterocycles. The number of anilines is 1. The average molecular weight is 583 g/mol. The molecule has 190 valence electrons. The fraction of sp³-hybridized carbons (Fsp3) is 0.462. The number of ether oxygens (including phenoxy) is 2. The van der Waals surface area contributed by atoms with Gasteiger partial charge in [-0.2, -0.15) is 0 Å². The van der Waals surface area contributed by atoms with Gasteiger partial charge in [0.1, 0.15) is 5.75 Å². The minimum absolute atomic E-state index is 0. The van der Waals surface area contributed by atoms with Crippen LogP contribution in [0, 0.1) is 0 Å². The highest BCUT2D eigenvalue weighted by Gasteiger charge is 2.22. The van der Waals surface area contributed by atoms with Crippen molar-refractivity contribution in [3.8, 4) is 5.75 Å². The number of thiazole rings is 1. The molecule has 6 nitrogen and oxygen atoms in total. The van der Waals surface area contributed by atoms with Gasteiger partial charge in [0.05, 0.1) is 30.0 Å². The number of benzene rings is 2. The van der Waals surface area contributed by atoms with E-state index in [1.165, 1.54) is 6.42 Å². The first kappa shape index (κ1) is 27.9. The zero-order chi connectivity index (χ0) is 23.8. The Morgan fingerprint density at radius 2 is 1.91 bits per heavy atom. The third kappa shape index (κ3) is 7.89. The molecule has 1 amide bonds. The van der Waals surface area contributed by atoms with Crippen LogP contribution >= 0.6 is 39.7 Å². The maximum atomic E-state index is 13.6. The van der Waals surface area contributed by atoms with Crippen LogP contribution in [0.4, 0.5) is 5.13 Å². The molecule has 0 bridgehead atoms. The number of amides is 1. The quantitative estimate of drug-likeness (QED) is 0.244. The Hall–Kier alpha value is -1.71. The Balaban J connectivity index is 0.00000342. The normalized spacial score (nSPS) is 14.0. The molecule has 0 aliphatic carbocycles. The number of nitrogens with zero attached hydrogens (tertiary/aromatic N) is 3. The molecule has 2 aromatic carbocycles. The molecule has 1 aliphatic rings. The highest BCUT2D eigenvalue weighted by molar-refractivity contribution is 9.10. The number of rotatable bonds is 11. The molecule has 4 rings (SSSR count). The molecule has 1 aliphatic heterocycles. The second kappa shape index (κ2) is 14.1. The molecule has 9 heteroatoms. The van der Waals surface area contributed by atoms with Crippen LogP contribution in [-0.4, -0.2) is 61.8 Å². The molecular formula is C26H33BrClN3O3S. The van der Waals surface area contributed by atoms with E-state index in [1.54, 1.807) is 11.3 Å². The highest BCUT2D eigenvalue weighted by Crippen LogP contribution is 2.32. The molecule has 0 spiro atoms. The van der Waals surface area contributed by atoms with Crippen LogP contribution in [0.2, 0.25) is 0 Å². The van der Waals surface area contributed by atoms with Gasteiger partial charge in [0.15, 0.2) is 5.13 Å². The van der Waals surface area contributed by atoms with Gasteiger partial charge in [-0.25, -0.2) is 4.98 Å². The number of unbranched alkanes of at least 4 members (excludes halogenated alkanes) is 2. The number of aromatic nitrogens is 1. The van der Waals surface area contributed by atoms with E-state index in [-0.39, 0.29) is 18.3 Å². The molecule has 2 heterocycles. The number of morpholine rings is 1. The standard InChI is InChI=1S/C26H32BrN3O3S.ClH/c1-2-3-4-16-33-22-9-6-20(7-10-22)25(31)30(13-5-12-29-14-17-32-18-15-29)26-28-23-11-8-21(27)19-24(23)34-26;/h6-11,19H,2-5,12-18H2,1H3;1H. The summed E-state index contributed by atoms with van der Waals surface area (Å²) >= 11 is 5.09. The van der Waals surface area contributed by atoms with Gasteiger partial charge < -0.3 is 9.47 Å². The van der Waals surface area contributed by atoms with Gasteiger partial charge in [0.2, 0.25) is 0 Å².